The molecule has 70 valence electrons. The Bertz CT molecular complexity index is 325. The number of halogens is 1. The van der Waals surface area contributed by atoms with Gasteiger partial charge in [-0.15, -0.1) is 11.8 Å². The third-order valence-electron chi connectivity index (χ3n) is 1.59. The van der Waals surface area contributed by atoms with Gasteiger partial charge < -0.3 is 5.11 Å². The maximum absolute atomic E-state index is 10.5. The largest absolute Gasteiger partial charge is 0.481 e. The van der Waals surface area contributed by atoms with E-state index in [9.17, 15) is 4.79 Å². The lowest BCUT2D eigenvalue weighted by atomic mass is 10.1. The third-order valence-corrected chi connectivity index (χ3v) is 2.65. The van der Waals surface area contributed by atoms with Gasteiger partial charge in [-0.25, -0.2) is 0 Å². The molecule has 0 aliphatic heterocycles. The Kier molecular flexibility index (Phi) is 3.63. The molecular formula is C9H9ClO2S. The molecule has 0 radical (unpaired) electrons. The maximum Gasteiger partial charge on any atom is 0.307 e. The summed E-state index contributed by atoms with van der Waals surface area (Å²) >= 11 is 7.28. The monoisotopic (exact) mass is 216 g/mol. The molecule has 0 atom stereocenters. The van der Waals surface area contributed by atoms with Gasteiger partial charge in [0.05, 0.1) is 6.42 Å². The molecule has 0 aliphatic carbocycles. The summed E-state index contributed by atoms with van der Waals surface area (Å²) in [5.41, 5.74) is 0.810. The number of carbonyl (C=O) groups is 1. The molecule has 0 saturated carbocycles. The van der Waals surface area contributed by atoms with Crippen LogP contribution in [0.15, 0.2) is 23.1 Å². The molecule has 1 aromatic carbocycles. The van der Waals surface area contributed by atoms with Crippen LogP contribution in [0.1, 0.15) is 5.56 Å². The fraction of sp³-hybridized carbons (Fsp3) is 0.222. The molecule has 0 spiro atoms. The minimum Gasteiger partial charge on any atom is -0.481 e. The third kappa shape index (κ3) is 2.94. The first-order chi connectivity index (χ1) is 6.13. The number of rotatable bonds is 3. The van der Waals surface area contributed by atoms with E-state index < -0.39 is 5.97 Å². The molecule has 1 aromatic rings. The molecule has 1 N–H and O–H groups in total. The Morgan fingerprint density at radius 3 is 2.85 bits per heavy atom. The van der Waals surface area contributed by atoms with Crippen molar-refractivity contribution in [3.05, 3.63) is 28.8 Å². The molecule has 2 nitrogen and oxygen atoms in total. The summed E-state index contributed by atoms with van der Waals surface area (Å²) in [4.78, 5) is 11.4. The second-order valence-electron chi connectivity index (χ2n) is 2.53. The van der Waals surface area contributed by atoms with Crippen LogP contribution in [0, 0.1) is 0 Å². The lowest BCUT2D eigenvalue weighted by molar-refractivity contribution is -0.136. The van der Waals surface area contributed by atoms with Crippen LogP contribution in [0.3, 0.4) is 0 Å². The zero-order valence-corrected chi connectivity index (χ0v) is 8.65. The molecule has 0 bridgehead atoms. The number of thioether (sulfide) groups is 1. The van der Waals surface area contributed by atoms with Crippen LogP contribution in [-0.4, -0.2) is 17.3 Å². The second-order valence-corrected chi connectivity index (χ2v) is 3.81. The van der Waals surface area contributed by atoms with Gasteiger partial charge in [0.2, 0.25) is 0 Å². The van der Waals surface area contributed by atoms with E-state index in [2.05, 4.69) is 0 Å². The van der Waals surface area contributed by atoms with Gasteiger partial charge in [-0.05, 0) is 24.0 Å². The first-order valence-corrected chi connectivity index (χ1v) is 5.28. The first-order valence-electron chi connectivity index (χ1n) is 3.67. The molecule has 0 saturated heterocycles. The molecule has 0 fully saturated rings. The summed E-state index contributed by atoms with van der Waals surface area (Å²) in [6.45, 7) is 0. The van der Waals surface area contributed by atoms with Crippen molar-refractivity contribution in [1.82, 2.24) is 0 Å². The SMILES string of the molecule is CSc1cc(Cl)ccc1CC(=O)O. The Labute approximate surface area is 85.9 Å². The summed E-state index contributed by atoms with van der Waals surface area (Å²) < 4.78 is 0. The van der Waals surface area contributed by atoms with E-state index in [1.54, 1.807) is 18.2 Å². The zero-order valence-electron chi connectivity index (χ0n) is 7.08. The summed E-state index contributed by atoms with van der Waals surface area (Å²) in [5, 5.41) is 9.25. The van der Waals surface area contributed by atoms with E-state index in [0.717, 1.165) is 10.5 Å². The topological polar surface area (TPSA) is 37.3 Å². The second kappa shape index (κ2) is 4.53. The number of hydrogen-bond donors (Lipinski definition) is 1. The van der Waals surface area contributed by atoms with Crippen molar-refractivity contribution in [1.29, 1.82) is 0 Å². The van der Waals surface area contributed by atoms with E-state index in [1.807, 2.05) is 6.26 Å². The minimum absolute atomic E-state index is 0.0490. The predicted molar refractivity (Wildman–Crippen MR) is 54.6 cm³/mol. The molecule has 0 amide bonds. The van der Waals surface area contributed by atoms with Crippen molar-refractivity contribution < 1.29 is 9.90 Å². The molecule has 0 heterocycles. The van der Waals surface area contributed by atoms with Gasteiger partial charge in [0.25, 0.3) is 0 Å². The van der Waals surface area contributed by atoms with Crippen LogP contribution in [0.4, 0.5) is 0 Å². The van der Waals surface area contributed by atoms with E-state index >= 15 is 0 Å². The van der Waals surface area contributed by atoms with E-state index in [4.69, 9.17) is 16.7 Å². The van der Waals surface area contributed by atoms with Crippen LogP contribution < -0.4 is 0 Å². The zero-order chi connectivity index (χ0) is 9.84. The minimum atomic E-state index is -0.822. The first kappa shape index (κ1) is 10.4. The summed E-state index contributed by atoms with van der Waals surface area (Å²) in [6.07, 6.45) is 1.95. The van der Waals surface area contributed by atoms with E-state index in [1.165, 1.54) is 11.8 Å². The molecule has 0 aliphatic rings. The molecule has 13 heavy (non-hydrogen) atoms. The van der Waals surface area contributed by atoms with Gasteiger partial charge in [-0.3, -0.25) is 4.79 Å². The average Bonchev–Trinajstić information content (AvgIpc) is 2.07. The van der Waals surface area contributed by atoms with Crippen molar-refractivity contribution in [2.24, 2.45) is 0 Å². The number of aliphatic carboxylic acids is 1. The Hall–Kier alpha value is -0.670. The van der Waals surface area contributed by atoms with Gasteiger partial charge >= 0.3 is 5.97 Å². The van der Waals surface area contributed by atoms with E-state index in [0.29, 0.717) is 5.02 Å². The normalized spacial score (nSPS) is 10.0. The summed E-state index contributed by atoms with van der Waals surface area (Å²) in [7, 11) is 0. The fourth-order valence-electron chi connectivity index (χ4n) is 1.03. The lowest BCUT2D eigenvalue weighted by Crippen LogP contribution is -2.01. The van der Waals surface area contributed by atoms with Crippen LogP contribution in [0.2, 0.25) is 5.02 Å². The van der Waals surface area contributed by atoms with Crippen LogP contribution >= 0.6 is 23.4 Å². The Morgan fingerprint density at radius 1 is 1.62 bits per heavy atom. The molecule has 0 aromatic heterocycles. The quantitative estimate of drug-likeness (QED) is 0.790. The van der Waals surface area contributed by atoms with Gasteiger partial charge in [0.1, 0.15) is 0 Å². The summed E-state index contributed by atoms with van der Waals surface area (Å²) in [6, 6.07) is 5.24. The van der Waals surface area contributed by atoms with Gasteiger partial charge in [0, 0.05) is 9.92 Å². The number of carboxylic acid groups (broad SMARTS) is 1. The average molecular weight is 217 g/mol. The highest BCUT2D eigenvalue weighted by Crippen LogP contribution is 2.24. The van der Waals surface area contributed by atoms with Crippen molar-refractivity contribution in [3.8, 4) is 0 Å². The summed E-state index contributed by atoms with van der Waals surface area (Å²) in [5.74, 6) is -0.822. The fourth-order valence-corrected chi connectivity index (χ4v) is 1.91. The van der Waals surface area contributed by atoms with Crippen molar-refractivity contribution in [3.63, 3.8) is 0 Å². The maximum atomic E-state index is 10.5. The molecule has 0 unspecified atom stereocenters. The van der Waals surface area contributed by atoms with Gasteiger partial charge in [-0.1, -0.05) is 17.7 Å². The van der Waals surface area contributed by atoms with Crippen LogP contribution in [0.25, 0.3) is 0 Å². The van der Waals surface area contributed by atoms with E-state index in [-0.39, 0.29) is 6.42 Å². The smallest absolute Gasteiger partial charge is 0.307 e. The standard InChI is InChI=1S/C9H9ClO2S/c1-13-8-5-7(10)3-2-6(8)4-9(11)12/h2-3,5H,4H2,1H3,(H,11,12). The highest BCUT2D eigenvalue weighted by Gasteiger charge is 2.06. The number of carboxylic acids is 1. The van der Waals surface area contributed by atoms with Gasteiger partial charge in [0.15, 0.2) is 0 Å². The van der Waals surface area contributed by atoms with Crippen LogP contribution in [0.5, 0.6) is 0 Å². The predicted octanol–water partition coefficient (Wildman–Crippen LogP) is 2.69. The number of hydrogen-bond acceptors (Lipinski definition) is 2. The highest BCUT2D eigenvalue weighted by molar-refractivity contribution is 7.98. The number of benzene rings is 1. The lowest BCUT2D eigenvalue weighted by Gasteiger charge is -2.04. The van der Waals surface area contributed by atoms with Crippen molar-refractivity contribution >= 4 is 29.3 Å². The molecular weight excluding hydrogens is 208 g/mol. The van der Waals surface area contributed by atoms with Crippen LogP contribution in [-0.2, 0) is 11.2 Å². The molecule has 1 rings (SSSR count). The van der Waals surface area contributed by atoms with Crippen molar-refractivity contribution in [2.75, 3.05) is 6.26 Å². The Morgan fingerprint density at radius 2 is 2.31 bits per heavy atom. The van der Waals surface area contributed by atoms with Crippen molar-refractivity contribution in [2.45, 2.75) is 11.3 Å². The van der Waals surface area contributed by atoms with Gasteiger partial charge in [-0.2, -0.15) is 0 Å². The Balaban J connectivity index is 2.99. The highest BCUT2D eigenvalue weighted by atomic mass is 35.5. The molecule has 4 heteroatoms.